The molecule has 5 heteroatoms. The molecule has 0 saturated heterocycles. The molecule has 0 radical (unpaired) electrons. The van der Waals surface area contributed by atoms with Crippen LogP contribution in [0.25, 0.3) is 0 Å². The first-order chi connectivity index (χ1) is 13.0. The van der Waals surface area contributed by atoms with Crippen LogP contribution < -0.4 is 5.32 Å². The van der Waals surface area contributed by atoms with Crippen LogP contribution in [0.3, 0.4) is 0 Å². The van der Waals surface area contributed by atoms with E-state index in [1.807, 2.05) is 50.3 Å². The van der Waals surface area contributed by atoms with Crippen molar-refractivity contribution in [2.45, 2.75) is 43.6 Å². The molecule has 1 aromatic rings. The molecule has 0 fully saturated rings. The van der Waals surface area contributed by atoms with E-state index in [2.05, 4.69) is 11.9 Å². The van der Waals surface area contributed by atoms with Crippen LogP contribution in [0.2, 0.25) is 0 Å². The summed E-state index contributed by atoms with van der Waals surface area (Å²) in [5.41, 5.74) is 2.16. The van der Waals surface area contributed by atoms with Gasteiger partial charge in [0.05, 0.1) is 11.4 Å². The lowest BCUT2D eigenvalue weighted by Gasteiger charge is -2.28. The molecule has 2 heterocycles. The summed E-state index contributed by atoms with van der Waals surface area (Å²) in [6.07, 6.45) is 6.92. The number of hydrogen-bond acceptors (Lipinski definition) is 4. The molecule has 3 rings (SSSR count). The average molecular weight is 386 g/mol. The Bertz CT molecular complexity index is 801. The van der Waals surface area contributed by atoms with Crippen molar-refractivity contribution in [1.29, 1.82) is 0 Å². The molecular weight excluding hydrogens is 358 g/mol. The number of fused-ring (bicyclic) bond motifs is 1. The van der Waals surface area contributed by atoms with Gasteiger partial charge in [-0.05, 0) is 37.0 Å². The quantitative estimate of drug-likeness (QED) is 0.697. The van der Waals surface area contributed by atoms with Crippen molar-refractivity contribution in [1.82, 2.24) is 5.32 Å². The molecule has 144 valence electrons. The number of amides is 1. The second-order valence-electron chi connectivity index (χ2n) is 6.93. The fourth-order valence-electron chi connectivity index (χ4n) is 3.85. The predicted molar refractivity (Wildman–Crippen MR) is 111 cm³/mol. The zero-order valence-corrected chi connectivity index (χ0v) is 16.9. The van der Waals surface area contributed by atoms with Gasteiger partial charge in [-0.2, -0.15) is 12.6 Å². The number of hydrogen-bond donors (Lipinski definition) is 2. The molecule has 2 aliphatic rings. The Kier molecular flexibility index (Phi) is 5.82. The van der Waals surface area contributed by atoms with Gasteiger partial charge in [0.1, 0.15) is 12.4 Å². The van der Waals surface area contributed by atoms with E-state index in [1.165, 1.54) is 0 Å². The highest BCUT2D eigenvalue weighted by molar-refractivity contribution is 7.82. The van der Waals surface area contributed by atoms with Crippen LogP contribution in [-0.4, -0.2) is 23.8 Å². The van der Waals surface area contributed by atoms with Gasteiger partial charge in [-0.3, -0.25) is 4.79 Å². The molecule has 0 aliphatic carbocycles. The maximum absolute atomic E-state index is 13.0. The minimum atomic E-state index is -0.902. The Morgan fingerprint density at radius 3 is 2.89 bits per heavy atom. The van der Waals surface area contributed by atoms with Crippen LogP contribution in [0.4, 0.5) is 0 Å². The van der Waals surface area contributed by atoms with Gasteiger partial charge in [0.15, 0.2) is 5.60 Å². The largest absolute Gasteiger partial charge is 0.491 e. The van der Waals surface area contributed by atoms with Crippen molar-refractivity contribution in [3.63, 3.8) is 0 Å². The van der Waals surface area contributed by atoms with E-state index in [0.717, 1.165) is 22.5 Å². The molecule has 1 amide bonds. The summed E-state index contributed by atoms with van der Waals surface area (Å²) < 4.78 is 11.3. The van der Waals surface area contributed by atoms with Gasteiger partial charge in [0, 0.05) is 12.1 Å². The van der Waals surface area contributed by atoms with Crippen LogP contribution in [0.1, 0.15) is 37.8 Å². The van der Waals surface area contributed by atoms with Gasteiger partial charge in [0.25, 0.3) is 5.91 Å². The smallest absolute Gasteiger partial charge is 0.256 e. The first-order valence-corrected chi connectivity index (χ1v) is 9.81. The SMILES string of the molecule is C=CC1=C(/C=C\C)[C@@](S)(CCNC(=O)[C@@]2(CC)OCc3ccccc32)CO1. The summed E-state index contributed by atoms with van der Waals surface area (Å²) in [6.45, 7) is 9.17. The molecule has 1 N–H and O–H groups in total. The number of thiol groups is 1. The Hall–Kier alpha value is -1.98. The Labute approximate surface area is 166 Å². The molecule has 1 aromatic carbocycles. The van der Waals surface area contributed by atoms with Gasteiger partial charge < -0.3 is 14.8 Å². The van der Waals surface area contributed by atoms with E-state index >= 15 is 0 Å². The Morgan fingerprint density at radius 1 is 1.41 bits per heavy atom. The standard InChI is InChI=1S/C22H27NO3S/c1-4-9-18-19(5-2)25-15-21(18,27)12-13-23-20(24)22(6-3)17-11-8-7-10-16(17)14-26-22/h4-5,7-11,27H,2,6,12-15H2,1,3H3,(H,23,24)/b9-4-/t21-,22+/m1/s1. The number of nitrogens with one attached hydrogen (secondary N) is 1. The van der Waals surface area contributed by atoms with Crippen molar-refractivity contribution in [3.05, 3.63) is 71.5 Å². The second-order valence-corrected chi connectivity index (χ2v) is 7.79. The van der Waals surface area contributed by atoms with E-state index < -0.39 is 10.3 Å². The predicted octanol–water partition coefficient (Wildman–Crippen LogP) is 4.04. The zero-order valence-electron chi connectivity index (χ0n) is 16.0. The van der Waals surface area contributed by atoms with Gasteiger partial charge in [0.2, 0.25) is 0 Å². The van der Waals surface area contributed by atoms with Crippen LogP contribution >= 0.6 is 12.6 Å². The molecule has 2 aliphatic heterocycles. The highest BCUT2D eigenvalue weighted by Crippen LogP contribution is 2.40. The van der Waals surface area contributed by atoms with E-state index in [0.29, 0.717) is 32.6 Å². The van der Waals surface area contributed by atoms with Crippen molar-refractivity contribution >= 4 is 18.5 Å². The number of benzene rings is 1. The van der Waals surface area contributed by atoms with E-state index in [-0.39, 0.29) is 5.91 Å². The minimum Gasteiger partial charge on any atom is -0.491 e. The normalized spacial score (nSPS) is 26.9. The van der Waals surface area contributed by atoms with Gasteiger partial charge >= 0.3 is 0 Å². The lowest BCUT2D eigenvalue weighted by Crippen LogP contribution is -2.45. The number of allylic oxidation sites excluding steroid dienone is 3. The lowest BCUT2D eigenvalue weighted by atomic mass is 9.88. The maximum Gasteiger partial charge on any atom is 0.256 e. The number of ether oxygens (including phenoxy) is 2. The summed E-state index contributed by atoms with van der Waals surface area (Å²) >= 11 is 4.86. The van der Waals surface area contributed by atoms with Crippen LogP contribution in [0.15, 0.2) is 60.4 Å². The highest BCUT2D eigenvalue weighted by atomic mass is 32.1. The van der Waals surface area contributed by atoms with Crippen LogP contribution in [-0.2, 0) is 26.5 Å². The van der Waals surface area contributed by atoms with E-state index in [9.17, 15) is 4.79 Å². The second kappa shape index (κ2) is 7.95. The summed E-state index contributed by atoms with van der Waals surface area (Å²) in [6, 6.07) is 7.93. The molecule has 4 nitrogen and oxygen atoms in total. The molecular formula is C22H27NO3S. The topological polar surface area (TPSA) is 47.6 Å². The highest BCUT2D eigenvalue weighted by Gasteiger charge is 2.45. The molecule has 0 unspecified atom stereocenters. The summed E-state index contributed by atoms with van der Waals surface area (Å²) in [5.74, 6) is 0.666. The van der Waals surface area contributed by atoms with Gasteiger partial charge in [-0.25, -0.2) is 0 Å². The first kappa shape index (κ1) is 19.8. The van der Waals surface area contributed by atoms with E-state index in [1.54, 1.807) is 6.08 Å². The van der Waals surface area contributed by atoms with Crippen LogP contribution in [0.5, 0.6) is 0 Å². The maximum atomic E-state index is 13.0. The van der Waals surface area contributed by atoms with Crippen molar-refractivity contribution in [2.24, 2.45) is 0 Å². The summed E-state index contributed by atoms with van der Waals surface area (Å²) in [5, 5.41) is 3.06. The minimum absolute atomic E-state index is 0.0914. The fraction of sp³-hybridized carbons (Fsp3) is 0.409. The third-order valence-corrected chi connectivity index (χ3v) is 5.96. The third kappa shape index (κ3) is 3.46. The zero-order chi connectivity index (χ0) is 19.5. The van der Waals surface area contributed by atoms with Crippen molar-refractivity contribution < 1.29 is 14.3 Å². The van der Waals surface area contributed by atoms with Crippen molar-refractivity contribution in [3.8, 4) is 0 Å². The van der Waals surface area contributed by atoms with Crippen LogP contribution in [0, 0.1) is 0 Å². The number of carbonyl (C=O) groups excluding carboxylic acids is 1. The third-order valence-electron chi connectivity index (χ3n) is 5.37. The Balaban J connectivity index is 1.70. The monoisotopic (exact) mass is 385 g/mol. The van der Waals surface area contributed by atoms with E-state index in [4.69, 9.17) is 22.1 Å². The molecule has 0 saturated carbocycles. The molecule has 0 spiro atoms. The molecule has 2 atom stereocenters. The lowest BCUT2D eigenvalue weighted by molar-refractivity contribution is -0.147. The molecule has 27 heavy (non-hydrogen) atoms. The number of carbonyl (C=O) groups is 1. The summed E-state index contributed by atoms with van der Waals surface area (Å²) in [7, 11) is 0. The summed E-state index contributed by atoms with van der Waals surface area (Å²) in [4.78, 5) is 13.0. The molecule has 0 aromatic heterocycles. The molecule has 0 bridgehead atoms. The van der Waals surface area contributed by atoms with Crippen molar-refractivity contribution in [2.75, 3.05) is 13.2 Å². The number of rotatable bonds is 7. The van der Waals surface area contributed by atoms with Gasteiger partial charge in [-0.1, -0.05) is 49.9 Å². The fourth-order valence-corrected chi connectivity index (χ4v) is 4.21. The first-order valence-electron chi connectivity index (χ1n) is 9.36. The average Bonchev–Trinajstić information content (AvgIpc) is 3.21. The van der Waals surface area contributed by atoms with Gasteiger partial charge in [-0.15, -0.1) is 0 Å². The Morgan fingerprint density at radius 2 is 2.19 bits per heavy atom.